The summed E-state index contributed by atoms with van der Waals surface area (Å²) in [6, 6.07) is 8.97. The van der Waals surface area contributed by atoms with Crippen LogP contribution in [0.4, 0.5) is 0 Å². The Kier molecular flexibility index (Phi) is 4.25. The minimum Gasteiger partial charge on any atom is -0.306 e. The quantitative estimate of drug-likeness (QED) is 0.730. The summed E-state index contributed by atoms with van der Waals surface area (Å²) in [6.07, 6.45) is 3.57. The Morgan fingerprint density at radius 2 is 2.06 bits per heavy atom. The third-order valence-electron chi connectivity index (χ3n) is 3.52. The predicted octanol–water partition coefficient (Wildman–Crippen LogP) is 3.28. The molecule has 1 aliphatic heterocycles. The molecule has 1 aromatic carbocycles. The summed E-state index contributed by atoms with van der Waals surface area (Å²) in [7, 11) is 2.21. The van der Waals surface area contributed by atoms with Gasteiger partial charge in [-0.2, -0.15) is 0 Å². The van der Waals surface area contributed by atoms with E-state index in [2.05, 4.69) is 36.2 Å². The second kappa shape index (κ2) is 5.70. The Morgan fingerprint density at radius 1 is 1.31 bits per heavy atom. The topological polar surface area (TPSA) is 3.24 Å². The van der Waals surface area contributed by atoms with Crippen LogP contribution in [0, 0.1) is 0 Å². The lowest BCUT2D eigenvalue weighted by molar-refractivity contribution is 0.255. The summed E-state index contributed by atoms with van der Waals surface area (Å²) in [5, 5.41) is 0. The average Bonchev–Trinajstić information content (AvgIpc) is 2.31. The van der Waals surface area contributed by atoms with Gasteiger partial charge in [-0.15, -0.1) is 11.6 Å². The second-order valence-electron chi connectivity index (χ2n) is 4.76. The van der Waals surface area contributed by atoms with Crippen molar-refractivity contribution in [3.8, 4) is 0 Å². The van der Waals surface area contributed by atoms with Crippen molar-refractivity contribution >= 4 is 11.6 Å². The smallest absolute Gasteiger partial charge is 0.0263 e. The molecule has 1 heterocycles. The average molecular weight is 238 g/mol. The molecule has 0 N–H and O–H groups in total. The van der Waals surface area contributed by atoms with Crippen LogP contribution in [0.5, 0.6) is 0 Å². The van der Waals surface area contributed by atoms with Crippen molar-refractivity contribution in [2.45, 2.75) is 25.2 Å². The maximum absolute atomic E-state index is 5.79. The first kappa shape index (κ1) is 11.9. The van der Waals surface area contributed by atoms with E-state index >= 15 is 0 Å². The largest absolute Gasteiger partial charge is 0.306 e. The van der Waals surface area contributed by atoms with E-state index in [1.165, 1.54) is 37.1 Å². The number of benzene rings is 1. The minimum atomic E-state index is 0.719. The Balaban J connectivity index is 2.05. The van der Waals surface area contributed by atoms with E-state index in [-0.39, 0.29) is 0 Å². The highest BCUT2D eigenvalue weighted by Crippen LogP contribution is 2.27. The number of halogens is 1. The van der Waals surface area contributed by atoms with Crippen LogP contribution in [-0.2, 0) is 6.42 Å². The molecule has 2 heteroatoms. The van der Waals surface area contributed by atoms with Crippen molar-refractivity contribution in [3.05, 3.63) is 35.4 Å². The van der Waals surface area contributed by atoms with E-state index in [9.17, 15) is 0 Å². The fourth-order valence-corrected chi connectivity index (χ4v) is 2.67. The zero-order valence-electron chi connectivity index (χ0n) is 9.95. The number of rotatable bonds is 3. The highest BCUT2D eigenvalue weighted by molar-refractivity contribution is 6.17. The number of nitrogens with zero attached hydrogens (tertiary/aromatic N) is 1. The minimum absolute atomic E-state index is 0.719. The lowest BCUT2D eigenvalue weighted by Gasteiger charge is -2.29. The standard InChI is InChI=1S/C14H20ClN/c1-16-9-6-13(7-10-16)14-4-2-3-12(11-14)5-8-15/h2-4,11,13H,5-10H2,1H3. The molecule has 1 nitrogen and oxygen atoms in total. The van der Waals surface area contributed by atoms with Gasteiger partial charge >= 0.3 is 0 Å². The van der Waals surface area contributed by atoms with Crippen LogP contribution in [0.1, 0.15) is 29.9 Å². The number of likely N-dealkylation sites (tertiary alicyclic amines) is 1. The van der Waals surface area contributed by atoms with Crippen LogP contribution in [0.15, 0.2) is 24.3 Å². The normalized spacial score (nSPS) is 18.9. The van der Waals surface area contributed by atoms with E-state index in [1.54, 1.807) is 0 Å². The van der Waals surface area contributed by atoms with E-state index in [4.69, 9.17) is 11.6 Å². The van der Waals surface area contributed by atoms with Gasteiger partial charge in [-0.3, -0.25) is 0 Å². The number of hydrogen-bond acceptors (Lipinski definition) is 1. The molecular formula is C14H20ClN. The Labute approximate surface area is 103 Å². The van der Waals surface area contributed by atoms with Crippen molar-refractivity contribution in [2.24, 2.45) is 0 Å². The van der Waals surface area contributed by atoms with E-state index < -0.39 is 0 Å². The second-order valence-corrected chi connectivity index (χ2v) is 5.14. The first-order valence-electron chi connectivity index (χ1n) is 6.13. The van der Waals surface area contributed by atoms with Crippen LogP contribution in [0.3, 0.4) is 0 Å². The Hall–Kier alpha value is -0.530. The zero-order valence-corrected chi connectivity index (χ0v) is 10.7. The van der Waals surface area contributed by atoms with Crippen LogP contribution >= 0.6 is 11.6 Å². The fourth-order valence-electron chi connectivity index (χ4n) is 2.45. The Bertz CT molecular complexity index is 329. The third-order valence-corrected chi connectivity index (χ3v) is 3.71. The molecule has 1 aromatic rings. The van der Waals surface area contributed by atoms with Crippen LogP contribution in [-0.4, -0.2) is 30.9 Å². The van der Waals surface area contributed by atoms with E-state index in [0.29, 0.717) is 0 Å². The Morgan fingerprint density at radius 3 is 2.75 bits per heavy atom. The molecule has 1 fully saturated rings. The van der Waals surface area contributed by atoms with Crippen LogP contribution < -0.4 is 0 Å². The summed E-state index contributed by atoms with van der Waals surface area (Å²) in [4.78, 5) is 2.42. The molecule has 1 aliphatic rings. The van der Waals surface area contributed by atoms with Crippen LogP contribution in [0.2, 0.25) is 0 Å². The highest BCUT2D eigenvalue weighted by Gasteiger charge is 2.18. The molecule has 0 saturated carbocycles. The molecular weight excluding hydrogens is 218 g/mol. The monoisotopic (exact) mass is 237 g/mol. The summed E-state index contributed by atoms with van der Waals surface area (Å²) in [6.45, 7) is 2.45. The molecule has 0 unspecified atom stereocenters. The molecule has 1 saturated heterocycles. The molecule has 0 amide bonds. The molecule has 0 radical (unpaired) electrons. The molecule has 0 aromatic heterocycles. The van der Waals surface area contributed by atoms with Gasteiger partial charge in [0.1, 0.15) is 0 Å². The molecule has 88 valence electrons. The van der Waals surface area contributed by atoms with E-state index in [0.717, 1.165) is 18.2 Å². The van der Waals surface area contributed by atoms with Crippen molar-refractivity contribution in [1.82, 2.24) is 4.90 Å². The SMILES string of the molecule is CN1CCC(c2cccc(CCCl)c2)CC1. The van der Waals surface area contributed by atoms with Crippen molar-refractivity contribution in [3.63, 3.8) is 0 Å². The zero-order chi connectivity index (χ0) is 11.4. The van der Waals surface area contributed by atoms with Gasteiger partial charge in [-0.1, -0.05) is 24.3 Å². The van der Waals surface area contributed by atoms with Gasteiger partial charge in [0.15, 0.2) is 0 Å². The molecule has 0 aliphatic carbocycles. The van der Waals surface area contributed by atoms with Crippen molar-refractivity contribution in [1.29, 1.82) is 0 Å². The van der Waals surface area contributed by atoms with Gasteiger partial charge in [-0.05, 0) is 56.4 Å². The summed E-state index contributed by atoms with van der Waals surface area (Å²) in [5.41, 5.74) is 2.89. The lowest BCUT2D eigenvalue weighted by atomic mass is 9.88. The third kappa shape index (κ3) is 2.99. The molecule has 0 bridgehead atoms. The van der Waals surface area contributed by atoms with Gasteiger partial charge < -0.3 is 4.90 Å². The molecule has 0 spiro atoms. The summed E-state index contributed by atoms with van der Waals surface area (Å²) >= 11 is 5.79. The van der Waals surface area contributed by atoms with Gasteiger partial charge in [0.05, 0.1) is 0 Å². The van der Waals surface area contributed by atoms with Gasteiger partial charge in [0.2, 0.25) is 0 Å². The van der Waals surface area contributed by atoms with Crippen molar-refractivity contribution in [2.75, 3.05) is 26.0 Å². The first-order valence-corrected chi connectivity index (χ1v) is 6.66. The van der Waals surface area contributed by atoms with Gasteiger partial charge in [-0.25, -0.2) is 0 Å². The van der Waals surface area contributed by atoms with Crippen LogP contribution in [0.25, 0.3) is 0 Å². The first-order chi connectivity index (χ1) is 7.79. The van der Waals surface area contributed by atoms with Crippen molar-refractivity contribution < 1.29 is 0 Å². The number of hydrogen-bond donors (Lipinski definition) is 0. The predicted molar refractivity (Wildman–Crippen MR) is 70.3 cm³/mol. The molecule has 0 atom stereocenters. The molecule has 16 heavy (non-hydrogen) atoms. The van der Waals surface area contributed by atoms with E-state index in [1.807, 2.05) is 0 Å². The summed E-state index contributed by atoms with van der Waals surface area (Å²) < 4.78 is 0. The number of aryl methyl sites for hydroxylation is 1. The molecule has 2 rings (SSSR count). The maximum atomic E-state index is 5.79. The fraction of sp³-hybridized carbons (Fsp3) is 0.571. The van der Waals surface area contributed by atoms with Gasteiger partial charge in [0, 0.05) is 5.88 Å². The number of piperidine rings is 1. The lowest BCUT2D eigenvalue weighted by Crippen LogP contribution is -2.29. The number of alkyl halides is 1. The maximum Gasteiger partial charge on any atom is 0.0263 e. The highest BCUT2D eigenvalue weighted by atomic mass is 35.5. The summed E-state index contributed by atoms with van der Waals surface area (Å²) in [5.74, 6) is 1.48. The van der Waals surface area contributed by atoms with Gasteiger partial charge in [0.25, 0.3) is 0 Å².